The van der Waals surface area contributed by atoms with Gasteiger partial charge in [-0.2, -0.15) is 8.78 Å². The molecular weight excluding hydrogens is 362 g/mol. The molecule has 5 nitrogen and oxygen atoms in total. The topological polar surface area (TPSA) is 51.7 Å². The Morgan fingerprint density at radius 2 is 2.00 bits per heavy atom. The van der Waals surface area contributed by atoms with Crippen LogP contribution in [-0.4, -0.2) is 31.2 Å². The summed E-state index contributed by atoms with van der Waals surface area (Å²) < 4.78 is 35.7. The van der Waals surface area contributed by atoms with E-state index in [-0.39, 0.29) is 29.6 Å². The Kier molecular flexibility index (Phi) is 5.32. The highest BCUT2D eigenvalue weighted by Gasteiger charge is 2.20. The van der Waals surface area contributed by atoms with Gasteiger partial charge in [0.15, 0.2) is 16.6 Å². The Hall–Kier alpha value is -2.74. The van der Waals surface area contributed by atoms with Crippen molar-refractivity contribution < 1.29 is 23.0 Å². The second-order valence-electron chi connectivity index (χ2n) is 5.30. The molecule has 0 saturated carbocycles. The normalized spacial score (nSPS) is 11.0. The second kappa shape index (κ2) is 7.65. The number of aromatic nitrogens is 1. The van der Waals surface area contributed by atoms with E-state index in [4.69, 9.17) is 4.74 Å². The lowest BCUT2D eigenvalue weighted by molar-refractivity contribution is -0.0514. The van der Waals surface area contributed by atoms with Gasteiger partial charge in [-0.1, -0.05) is 23.5 Å². The summed E-state index contributed by atoms with van der Waals surface area (Å²) in [5.41, 5.74) is 1.10. The third kappa shape index (κ3) is 3.75. The summed E-state index contributed by atoms with van der Waals surface area (Å²) in [6.45, 7) is -1.00. The molecule has 136 valence electrons. The van der Waals surface area contributed by atoms with Crippen molar-refractivity contribution >= 4 is 32.6 Å². The number of carbonyl (C=O) groups excluding carboxylic acids is 1. The highest BCUT2D eigenvalue weighted by molar-refractivity contribution is 7.22. The van der Waals surface area contributed by atoms with Gasteiger partial charge in [-0.25, -0.2) is 4.98 Å². The maximum absolute atomic E-state index is 12.8. The molecule has 0 bridgehead atoms. The third-order valence-electron chi connectivity index (χ3n) is 3.58. The van der Waals surface area contributed by atoms with Crippen LogP contribution in [0.1, 0.15) is 17.3 Å². The maximum Gasteiger partial charge on any atom is 0.387 e. The Bertz CT molecular complexity index is 897. The molecule has 0 spiro atoms. The first kappa shape index (κ1) is 18.1. The molecule has 0 radical (unpaired) electrons. The molecule has 0 aliphatic rings. The molecule has 8 heteroatoms. The molecule has 1 aromatic heterocycles. The molecule has 3 aromatic rings. The lowest BCUT2D eigenvalue weighted by Crippen LogP contribution is -2.26. The average Bonchev–Trinajstić information content (AvgIpc) is 3.06. The van der Waals surface area contributed by atoms with Crippen molar-refractivity contribution in [2.75, 3.05) is 18.6 Å². The van der Waals surface area contributed by atoms with Crippen LogP contribution >= 0.6 is 11.3 Å². The fourth-order valence-corrected chi connectivity index (χ4v) is 3.31. The number of hydrogen-bond acceptors (Lipinski definition) is 5. The number of hydrogen-bond donors (Lipinski definition) is 0. The molecule has 2 aromatic carbocycles. The van der Waals surface area contributed by atoms with Gasteiger partial charge in [-0.3, -0.25) is 9.69 Å². The van der Waals surface area contributed by atoms with E-state index < -0.39 is 6.61 Å². The maximum atomic E-state index is 12.8. The molecule has 0 aliphatic heterocycles. The monoisotopic (exact) mass is 378 g/mol. The predicted octanol–water partition coefficient (Wildman–Crippen LogP) is 4.57. The summed E-state index contributed by atoms with van der Waals surface area (Å²) in [6.07, 6.45) is 0. The quantitative estimate of drug-likeness (QED) is 0.630. The molecule has 1 amide bonds. The van der Waals surface area contributed by atoms with Gasteiger partial charge in [0.1, 0.15) is 0 Å². The summed E-state index contributed by atoms with van der Waals surface area (Å²) >= 11 is 1.39. The van der Waals surface area contributed by atoms with Gasteiger partial charge >= 0.3 is 6.61 Å². The lowest BCUT2D eigenvalue weighted by Gasteiger charge is -2.16. The van der Waals surface area contributed by atoms with Crippen LogP contribution in [0, 0.1) is 0 Å². The van der Waals surface area contributed by atoms with Crippen LogP contribution in [0.15, 0.2) is 42.5 Å². The number of anilines is 1. The van der Waals surface area contributed by atoms with Gasteiger partial charge < -0.3 is 9.47 Å². The van der Waals surface area contributed by atoms with Crippen molar-refractivity contribution in [2.24, 2.45) is 0 Å². The number of rotatable bonds is 6. The Morgan fingerprint density at radius 1 is 1.23 bits per heavy atom. The van der Waals surface area contributed by atoms with E-state index in [1.165, 1.54) is 34.4 Å². The zero-order valence-corrected chi connectivity index (χ0v) is 14.9. The summed E-state index contributed by atoms with van der Waals surface area (Å²) in [7, 11) is 1.62. The fourth-order valence-electron chi connectivity index (χ4n) is 2.39. The summed E-state index contributed by atoms with van der Waals surface area (Å²) in [4.78, 5) is 18.6. The third-order valence-corrected chi connectivity index (χ3v) is 4.69. The number of carbonyl (C=O) groups is 1. The van der Waals surface area contributed by atoms with E-state index in [1.54, 1.807) is 14.0 Å². The molecule has 0 fully saturated rings. The van der Waals surface area contributed by atoms with Crippen LogP contribution in [0.3, 0.4) is 0 Å². The minimum atomic E-state index is -2.97. The van der Waals surface area contributed by atoms with E-state index in [9.17, 15) is 13.6 Å². The number of alkyl halides is 2. The van der Waals surface area contributed by atoms with Gasteiger partial charge in [0.2, 0.25) is 0 Å². The van der Waals surface area contributed by atoms with Crippen molar-refractivity contribution in [1.29, 1.82) is 0 Å². The molecular formula is C18H16F2N2O3S. The molecule has 0 unspecified atom stereocenters. The van der Waals surface area contributed by atoms with Crippen molar-refractivity contribution in [3.8, 4) is 11.5 Å². The highest BCUT2D eigenvalue weighted by Crippen LogP contribution is 2.32. The van der Waals surface area contributed by atoms with Crippen LogP contribution in [-0.2, 0) is 0 Å². The number of amides is 1. The number of benzene rings is 2. The van der Waals surface area contributed by atoms with Crippen LogP contribution in [0.4, 0.5) is 13.9 Å². The standard InChI is InChI=1S/C18H16F2N2O3S/c1-3-24-14-10-11(8-9-13(14)25-17(19)20)16(23)22(2)18-21-12-6-4-5-7-15(12)26-18/h4-10,17H,3H2,1-2H3. The molecule has 0 N–H and O–H groups in total. The highest BCUT2D eigenvalue weighted by atomic mass is 32.1. The van der Waals surface area contributed by atoms with Crippen LogP contribution in [0.5, 0.6) is 11.5 Å². The van der Waals surface area contributed by atoms with Gasteiger partial charge in [0, 0.05) is 12.6 Å². The first-order valence-electron chi connectivity index (χ1n) is 7.85. The Labute approximate surface area is 152 Å². The van der Waals surface area contributed by atoms with Crippen molar-refractivity contribution in [1.82, 2.24) is 4.98 Å². The fraction of sp³-hybridized carbons (Fsp3) is 0.222. The number of para-hydroxylation sites is 1. The van der Waals surface area contributed by atoms with E-state index in [0.717, 1.165) is 10.2 Å². The molecule has 26 heavy (non-hydrogen) atoms. The van der Waals surface area contributed by atoms with Gasteiger partial charge in [-0.15, -0.1) is 0 Å². The van der Waals surface area contributed by atoms with Crippen LogP contribution in [0.2, 0.25) is 0 Å². The van der Waals surface area contributed by atoms with Crippen molar-refractivity contribution in [3.63, 3.8) is 0 Å². The average molecular weight is 378 g/mol. The van der Waals surface area contributed by atoms with E-state index in [2.05, 4.69) is 9.72 Å². The Morgan fingerprint density at radius 3 is 2.69 bits per heavy atom. The van der Waals surface area contributed by atoms with Crippen molar-refractivity contribution in [2.45, 2.75) is 13.5 Å². The minimum Gasteiger partial charge on any atom is -0.490 e. The zero-order chi connectivity index (χ0) is 18.7. The number of halogens is 2. The van der Waals surface area contributed by atoms with E-state index >= 15 is 0 Å². The first-order valence-corrected chi connectivity index (χ1v) is 8.66. The summed E-state index contributed by atoms with van der Waals surface area (Å²) in [6, 6.07) is 11.7. The predicted molar refractivity (Wildman–Crippen MR) is 96.6 cm³/mol. The minimum absolute atomic E-state index is 0.0938. The SMILES string of the molecule is CCOc1cc(C(=O)N(C)c2nc3ccccc3s2)ccc1OC(F)F. The van der Waals surface area contributed by atoms with E-state index in [1.807, 2.05) is 24.3 Å². The second-order valence-corrected chi connectivity index (χ2v) is 6.31. The van der Waals surface area contributed by atoms with Crippen LogP contribution < -0.4 is 14.4 Å². The molecule has 0 aliphatic carbocycles. The largest absolute Gasteiger partial charge is 0.490 e. The number of thiazole rings is 1. The first-order chi connectivity index (χ1) is 12.5. The number of fused-ring (bicyclic) bond motifs is 1. The van der Waals surface area contributed by atoms with Crippen molar-refractivity contribution in [3.05, 3.63) is 48.0 Å². The summed E-state index contributed by atoms with van der Waals surface area (Å²) in [5, 5.41) is 0.544. The van der Waals surface area contributed by atoms with Gasteiger partial charge in [-0.05, 0) is 37.3 Å². The molecule has 0 saturated heterocycles. The summed E-state index contributed by atoms with van der Waals surface area (Å²) in [5.74, 6) is -0.342. The van der Waals surface area contributed by atoms with Crippen LogP contribution in [0.25, 0.3) is 10.2 Å². The zero-order valence-electron chi connectivity index (χ0n) is 14.1. The number of ether oxygens (including phenoxy) is 2. The number of nitrogens with zero attached hydrogens (tertiary/aromatic N) is 2. The Balaban J connectivity index is 1.89. The molecule has 1 heterocycles. The van der Waals surface area contributed by atoms with E-state index in [0.29, 0.717) is 5.13 Å². The molecule has 3 rings (SSSR count). The van der Waals surface area contributed by atoms with Gasteiger partial charge in [0.25, 0.3) is 5.91 Å². The molecule has 0 atom stereocenters. The van der Waals surface area contributed by atoms with Gasteiger partial charge in [0.05, 0.1) is 16.8 Å². The smallest absolute Gasteiger partial charge is 0.387 e. The lowest BCUT2D eigenvalue weighted by atomic mass is 10.2.